The molecule has 72 valence electrons. The summed E-state index contributed by atoms with van der Waals surface area (Å²) >= 11 is 0. The third-order valence-electron chi connectivity index (χ3n) is 2.12. The Morgan fingerprint density at radius 2 is 2.23 bits per heavy atom. The zero-order valence-electron chi connectivity index (χ0n) is 7.92. The van der Waals surface area contributed by atoms with Crippen molar-refractivity contribution in [1.29, 1.82) is 0 Å². The van der Waals surface area contributed by atoms with Crippen LogP contribution in [0.3, 0.4) is 0 Å². The van der Waals surface area contributed by atoms with Crippen LogP contribution in [0.5, 0.6) is 0 Å². The Morgan fingerprint density at radius 1 is 1.46 bits per heavy atom. The van der Waals surface area contributed by atoms with Gasteiger partial charge in [0.05, 0.1) is 5.57 Å². The molecule has 0 aromatic carbocycles. The number of hydrogen-bond acceptors (Lipinski definition) is 2. The Hall–Kier alpha value is -1.12. The fourth-order valence-corrected chi connectivity index (χ4v) is 1.23. The van der Waals surface area contributed by atoms with Crippen molar-refractivity contribution >= 4 is 12.1 Å². The van der Waals surface area contributed by atoms with Gasteiger partial charge in [-0.2, -0.15) is 0 Å². The average molecular weight is 181 g/mol. The summed E-state index contributed by atoms with van der Waals surface area (Å²) in [4.78, 5) is 14.2. The molecule has 0 atom stereocenters. The van der Waals surface area contributed by atoms with E-state index in [4.69, 9.17) is 0 Å². The molecule has 1 rings (SSSR count). The second kappa shape index (κ2) is 4.80. The van der Waals surface area contributed by atoms with E-state index in [1.54, 1.807) is 0 Å². The van der Waals surface area contributed by atoms with Crippen LogP contribution >= 0.6 is 0 Å². The SMILES string of the molecule is CCCCCCC(O)=C1C=NC1=O. The smallest absolute Gasteiger partial charge is 0.281 e. The fraction of sp³-hybridized carbons (Fsp3) is 0.600. The highest BCUT2D eigenvalue weighted by Crippen LogP contribution is 2.15. The molecule has 0 aromatic rings. The van der Waals surface area contributed by atoms with E-state index in [0.717, 1.165) is 12.8 Å². The number of aliphatic hydroxyl groups is 1. The summed E-state index contributed by atoms with van der Waals surface area (Å²) in [6, 6.07) is 0. The lowest BCUT2D eigenvalue weighted by atomic mass is 10.1. The molecule has 0 aliphatic carbocycles. The Labute approximate surface area is 78.2 Å². The van der Waals surface area contributed by atoms with Gasteiger partial charge < -0.3 is 5.11 Å². The molecule has 3 heteroatoms. The van der Waals surface area contributed by atoms with E-state index in [-0.39, 0.29) is 11.7 Å². The summed E-state index contributed by atoms with van der Waals surface area (Å²) in [5.74, 6) is -0.0795. The number of carbonyl (C=O) groups is 1. The highest BCUT2D eigenvalue weighted by Gasteiger charge is 2.18. The average Bonchev–Trinajstić information content (AvgIpc) is 2.10. The molecule has 0 bridgehead atoms. The van der Waals surface area contributed by atoms with Crippen LogP contribution in [0.1, 0.15) is 39.0 Å². The van der Waals surface area contributed by atoms with E-state index in [1.807, 2.05) is 0 Å². The van der Waals surface area contributed by atoms with Gasteiger partial charge >= 0.3 is 0 Å². The maximum atomic E-state index is 10.7. The van der Waals surface area contributed by atoms with Crippen molar-refractivity contribution in [2.24, 2.45) is 4.99 Å². The number of aliphatic imine (C=N–C) groups is 1. The van der Waals surface area contributed by atoms with Gasteiger partial charge in [0, 0.05) is 12.6 Å². The number of carbonyl (C=O) groups excluding carboxylic acids is 1. The lowest BCUT2D eigenvalue weighted by Gasteiger charge is -2.08. The molecule has 0 saturated heterocycles. The van der Waals surface area contributed by atoms with Crippen molar-refractivity contribution in [3.05, 3.63) is 11.3 Å². The molecule has 1 N–H and O–H groups in total. The van der Waals surface area contributed by atoms with Crippen molar-refractivity contribution < 1.29 is 9.90 Å². The van der Waals surface area contributed by atoms with Gasteiger partial charge in [0.1, 0.15) is 5.76 Å². The van der Waals surface area contributed by atoms with Gasteiger partial charge in [-0.25, -0.2) is 4.99 Å². The second-order valence-electron chi connectivity index (χ2n) is 3.23. The number of aliphatic hydroxyl groups excluding tert-OH is 1. The number of amides is 1. The van der Waals surface area contributed by atoms with Crippen LogP contribution in [0.4, 0.5) is 0 Å². The lowest BCUT2D eigenvalue weighted by molar-refractivity contribution is -0.114. The summed E-state index contributed by atoms with van der Waals surface area (Å²) < 4.78 is 0. The summed E-state index contributed by atoms with van der Waals surface area (Å²) in [6.07, 6.45) is 6.45. The third kappa shape index (κ3) is 2.68. The predicted molar refractivity (Wildman–Crippen MR) is 51.9 cm³/mol. The van der Waals surface area contributed by atoms with E-state index in [0.29, 0.717) is 12.0 Å². The van der Waals surface area contributed by atoms with Crippen LogP contribution in [0.15, 0.2) is 16.3 Å². The van der Waals surface area contributed by atoms with E-state index >= 15 is 0 Å². The normalized spacial score (nSPS) is 18.7. The highest BCUT2D eigenvalue weighted by atomic mass is 16.3. The topological polar surface area (TPSA) is 49.7 Å². The Kier molecular flexibility index (Phi) is 3.68. The first-order valence-electron chi connectivity index (χ1n) is 4.76. The van der Waals surface area contributed by atoms with Crippen LogP contribution in [0, 0.1) is 0 Å². The van der Waals surface area contributed by atoms with Crippen LogP contribution < -0.4 is 0 Å². The molecule has 0 aromatic heterocycles. The number of hydrogen-bond donors (Lipinski definition) is 1. The first kappa shape index (κ1) is 9.96. The molecular formula is C10H15NO2. The van der Waals surface area contributed by atoms with Gasteiger partial charge in [0.15, 0.2) is 0 Å². The standard InChI is InChI=1S/C10H15NO2/c1-2-3-4-5-6-9(12)8-7-11-10(8)13/h7,12H,2-6H2,1H3. The molecule has 0 unspecified atom stereocenters. The lowest BCUT2D eigenvalue weighted by Crippen LogP contribution is -2.14. The van der Waals surface area contributed by atoms with Crippen LogP contribution in [0.25, 0.3) is 0 Å². The summed E-state index contributed by atoms with van der Waals surface area (Å²) in [5.41, 5.74) is 0.400. The Bertz CT molecular complexity index is 254. The molecule has 0 spiro atoms. The monoisotopic (exact) mass is 181 g/mol. The Balaban J connectivity index is 2.26. The third-order valence-corrected chi connectivity index (χ3v) is 2.12. The molecule has 0 radical (unpaired) electrons. The van der Waals surface area contributed by atoms with E-state index in [2.05, 4.69) is 11.9 Å². The summed E-state index contributed by atoms with van der Waals surface area (Å²) in [5, 5.41) is 9.41. The summed E-state index contributed by atoms with van der Waals surface area (Å²) in [7, 11) is 0. The maximum absolute atomic E-state index is 10.7. The Morgan fingerprint density at radius 3 is 2.69 bits per heavy atom. The van der Waals surface area contributed by atoms with Crippen molar-refractivity contribution in [3.8, 4) is 0 Å². The maximum Gasteiger partial charge on any atom is 0.281 e. The largest absolute Gasteiger partial charge is 0.511 e. The number of unbranched alkanes of at least 4 members (excludes halogenated alkanes) is 3. The molecule has 3 nitrogen and oxygen atoms in total. The van der Waals surface area contributed by atoms with Crippen LogP contribution in [-0.4, -0.2) is 17.2 Å². The fourth-order valence-electron chi connectivity index (χ4n) is 1.23. The van der Waals surface area contributed by atoms with Crippen LogP contribution in [-0.2, 0) is 4.79 Å². The zero-order valence-corrected chi connectivity index (χ0v) is 7.92. The number of allylic oxidation sites excluding steroid dienone is 1. The van der Waals surface area contributed by atoms with Gasteiger partial charge in [-0.3, -0.25) is 4.79 Å². The minimum absolute atomic E-state index is 0.205. The number of rotatable bonds is 5. The van der Waals surface area contributed by atoms with Gasteiger partial charge in [-0.15, -0.1) is 0 Å². The molecule has 1 heterocycles. The van der Waals surface area contributed by atoms with Gasteiger partial charge in [0.25, 0.3) is 5.91 Å². The van der Waals surface area contributed by atoms with Crippen LogP contribution in [0.2, 0.25) is 0 Å². The van der Waals surface area contributed by atoms with Crippen molar-refractivity contribution in [1.82, 2.24) is 0 Å². The van der Waals surface area contributed by atoms with Crippen molar-refractivity contribution in [3.63, 3.8) is 0 Å². The van der Waals surface area contributed by atoms with Crippen molar-refractivity contribution in [2.45, 2.75) is 39.0 Å². The van der Waals surface area contributed by atoms with Gasteiger partial charge in [0.2, 0.25) is 0 Å². The minimum Gasteiger partial charge on any atom is -0.511 e. The van der Waals surface area contributed by atoms with Gasteiger partial charge in [-0.05, 0) is 6.42 Å². The second-order valence-corrected chi connectivity index (χ2v) is 3.23. The molecule has 0 saturated carbocycles. The van der Waals surface area contributed by atoms with E-state index in [9.17, 15) is 9.90 Å². The minimum atomic E-state index is -0.284. The quantitative estimate of drug-likeness (QED) is 0.402. The zero-order chi connectivity index (χ0) is 9.68. The summed E-state index contributed by atoms with van der Waals surface area (Å²) in [6.45, 7) is 2.14. The van der Waals surface area contributed by atoms with Crippen molar-refractivity contribution in [2.75, 3.05) is 0 Å². The first-order valence-corrected chi connectivity index (χ1v) is 4.76. The highest BCUT2D eigenvalue weighted by molar-refractivity contribution is 6.24. The molecule has 1 amide bonds. The first-order chi connectivity index (χ1) is 6.25. The van der Waals surface area contributed by atoms with Gasteiger partial charge in [-0.1, -0.05) is 26.2 Å². The molecule has 1 aliphatic rings. The predicted octanol–water partition coefficient (Wildman–Crippen LogP) is 2.38. The molecule has 0 fully saturated rings. The molecular weight excluding hydrogens is 166 g/mol. The van der Waals surface area contributed by atoms with E-state index in [1.165, 1.54) is 19.1 Å². The number of nitrogens with zero attached hydrogens (tertiary/aromatic N) is 1. The molecule has 1 aliphatic heterocycles. The molecule has 13 heavy (non-hydrogen) atoms. The van der Waals surface area contributed by atoms with E-state index < -0.39 is 0 Å².